The van der Waals surface area contributed by atoms with Crippen LogP contribution in [0, 0.1) is 5.92 Å². The van der Waals surface area contributed by atoms with Crippen molar-refractivity contribution in [2.75, 3.05) is 13.1 Å². The fourth-order valence-corrected chi connectivity index (χ4v) is 6.04. The Hall–Kier alpha value is -3.78. The Balaban J connectivity index is 1.79. The highest BCUT2D eigenvalue weighted by Crippen LogP contribution is 2.20. The van der Waals surface area contributed by atoms with E-state index in [1.165, 1.54) is 4.90 Å². The normalized spacial score (nSPS) is 17.1. The Morgan fingerprint density at radius 2 is 1.38 bits per heavy atom. The van der Waals surface area contributed by atoms with Crippen molar-refractivity contribution in [3.63, 3.8) is 0 Å². The van der Waals surface area contributed by atoms with Gasteiger partial charge in [0.15, 0.2) is 0 Å². The number of carbonyl (C=O) groups is 4. The van der Waals surface area contributed by atoms with Crippen LogP contribution in [-0.2, 0) is 32.0 Å². The number of nitrogens with two attached hydrogens (primary N) is 2. The van der Waals surface area contributed by atoms with Crippen molar-refractivity contribution in [3.05, 3.63) is 71.8 Å². The smallest absolute Gasteiger partial charge is 0.426 e. The Kier molecular flexibility index (Phi) is 16.0. The molecule has 3 rings (SSSR count). The van der Waals surface area contributed by atoms with Gasteiger partial charge < -0.3 is 42.4 Å². The summed E-state index contributed by atoms with van der Waals surface area (Å²) in [6, 6.07) is 14.7. The average Bonchev–Trinajstić information content (AvgIpc) is 3.07. The zero-order valence-electron chi connectivity index (χ0n) is 28.2. The van der Waals surface area contributed by atoms with E-state index < -0.39 is 60.9 Å². The second kappa shape index (κ2) is 19.9. The molecule has 1 saturated heterocycles. The fourth-order valence-electron chi connectivity index (χ4n) is 6.04. The van der Waals surface area contributed by atoms with E-state index in [1.807, 2.05) is 74.5 Å². The van der Waals surface area contributed by atoms with Crippen molar-refractivity contribution in [2.24, 2.45) is 17.4 Å². The summed E-state index contributed by atoms with van der Waals surface area (Å²) in [6.07, 6.45) is 4.19. The summed E-state index contributed by atoms with van der Waals surface area (Å²) < 4.78 is 0. The maximum absolute atomic E-state index is 13.9. The van der Waals surface area contributed by atoms with Crippen molar-refractivity contribution >= 4 is 30.7 Å². The van der Waals surface area contributed by atoms with E-state index in [-0.39, 0.29) is 25.2 Å². The number of amides is 4. The minimum absolute atomic E-state index is 0.00455. The molecule has 13 heteroatoms. The lowest BCUT2D eigenvalue weighted by Crippen LogP contribution is -2.60. The van der Waals surface area contributed by atoms with E-state index in [2.05, 4.69) is 16.0 Å². The van der Waals surface area contributed by atoms with Crippen LogP contribution in [0.2, 0.25) is 0 Å². The van der Waals surface area contributed by atoms with Gasteiger partial charge in [0.1, 0.15) is 18.1 Å². The van der Waals surface area contributed by atoms with Gasteiger partial charge in [0.05, 0.1) is 12.0 Å². The fraction of sp³-hybridized carbons (Fsp3) is 0.543. The standard InChI is InChI=1S/C35H53BN6O6/c1-24(2)21-29(33(44)39-28(17-9-11-19-37)35(46)42-20-12-10-18-31(42)36(47)48)41-34(45)30(23-26-15-7-4-8-16-26)40-32(43)27(38)22-25-13-5-3-6-14-25/h3-8,13-16,24,27-31,47-48H,9-12,17-23,37-38H2,1-2H3,(H,39,44)(H,40,43)(H,41,45)/t27-,28-,29?,30-,31?/m1/s1. The van der Waals surface area contributed by atoms with Gasteiger partial charge in [-0.05, 0) is 68.5 Å². The van der Waals surface area contributed by atoms with Crippen LogP contribution >= 0.6 is 0 Å². The number of nitrogens with zero attached hydrogens (tertiary/aromatic N) is 1. The van der Waals surface area contributed by atoms with Crippen molar-refractivity contribution in [2.45, 2.75) is 102 Å². The van der Waals surface area contributed by atoms with Crippen LogP contribution in [0.5, 0.6) is 0 Å². The molecular formula is C35H53BN6O6. The lowest BCUT2D eigenvalue weighted by atomic mass is 9.73. The van der Waals surface area contributed by atoms with Crippen LogP contribution in [0.3, 0.4) is 0 Å². The van der Waals surface area contributed by atoms with Gasteiger partial charge in [-0.3, -0.25) is 19.2 Å². The summed E-state index contributed by atoms with van der Waals surface area (Å²) in [6.45, 7) is 4.61. The highest BCUT2D eigenvalue weighted by atomic mass is 16.4. The number of rotatable bonds is 18. The molecule has 1 heterocycles. The molecule has 0 bridgehead atoms. The van der Waals surface area contributed by atoms with Crippen LogP contribution in [0.25, 0.3) is 0 Å². The first-order chi connectivity index (χ1) is 23.0. The van der Waals surface area contributed by atoms with E-state index in [9.17, 15) is 29.2 Å². The molecular weight excluding hydrogens is 611 g/mol. The first-order valence-electron chi connectivity index (χ1n) is 17.1. The van der Waals surface area contributed by atoms with Gasteiger partial charge in [-0.1, -0.05) is 80.9 Å². The maximum Gasteiger partial charge on any atom is 0.475 e. The molecule has 1 aliphatic rings. The molecule has 1 fully saturated rings. The van der Waals surface area contributed by atoms with E-state index >= 15 is 0 Å². The van der Waals surface area contributed by atoms with E-state index in [0.717, 1.165) is 17.5 Å². The van der Waals surface area contributed by atoms with Gasteiger partial charge in [-0.25, -0.2) is 0 Å². The summed E-state index contributed by atoms with van der Waals surface area (Å²) in [4.78, 5) is 56.1. The first kappa shape index (κ1) is 38.7. The third-order valence-electron chi connectivity index (χ3n) is 8.63. The number of unbranched alkanes of at least 4 members (excludes halogenated alkanes) is 1. The molecule has 0 radical (unpaired) electrons. The Morgan fingerprint density at radius 3 is 1.96 bits per heavy atom. The largest absolute Gasteiger partial charge is 0.475 e. The predicted octanol–water partition coefficient (Wildman–Crippen LogP) is 0.822. The Labute approximate surface area is 284 Å². The summed E-state index contributed by atoms with van der Waals surface area (Å²) in [7, 11) is -1.69. The van der Waals surface area contributed by atoms with Crippen LogP contribution < -0.4 is 27.4 Å². The Morgan fingerprint density at radius 1 is 0.812 bits per heavy atom. The molecule has 0 saturated carbocycles. The zero-order chi connectivity index (χ0) is 35.1. The lowest BCUT2D eigenvalue weighted by Gasteiger charge is -2.38. The predicted molar refractivity (Wildman–Crippen MR) is 186 cm³/mol. The van der Waals surface area contributed by atoms with Crippen molar-refractivity contribution < 1.29 is 29.2 Å². The van der Waals surface area contributed by atoms with Gasteiger partial charge >= 0.3 is 7.12 Å². The van der Waals surface area contributed by atoms with Gasteiger partial charge in [0, 0.05) is 13.0 Å². The van der Waals surface area contributed by atoms with Gasteiger partial charge in [0.2, 0.25) is 23.6 Å². The molecule has 2 unspecified atom stereocenters. The maximum atomic E-state index is 13.9. The number of hydrogen-bond acceptors (Lipinski definition) is 8. The number of nitrogens with one attached hydrogen (secondary N) is 3. The monoisotopic (exact) mass is 664 g/mol. The number of hydrogen-bond donors (Lipinski definition) is 7. The topological polar surface area (TPSA) is 200 Å². The van der Waals surface area contributed by atoms with Crippen LogP contribution in [0.4, 0.5) is 0 Å². The highest BCUT2D eigenvalue weighted by Gasteiger charge is 2.39. The summed E-state index contributed by atoms with van der Waals surface area (Å²) >= 11 is 0. The second-order valence-corrected chi connectivity index (χ2v) is 13.1. The molecule has 4 amide bonds. The van der Waals surface area contributed by atoms with E-state index in [4.69, 9.17) is 11.5 Å². The van der Waals surface area contributed by atoms with E-state index in [1.54, 1.807) is 0 Å². The molecule has 0 spiro atoms. The molecule has 0 aliphatic carbocycles. The molecule has 262 valence electrons. The lowest BCUT2D eigenvalue weighted by molar-refractivity contribution is -0.139. The van der Waals surface area contributed by atoms with Gasteiger partial charge in [-0.15, -0.1) is 0 Å². The molecule has 0 aromatic heterocycles. The number of benzene rings is 2. The molecule has 1 aliphatic heterocycles. The van der Waals surface area contributed by atoms with Crippen molar-refractivity contribution in [3.8, 4) is 0 Å². The summed E-state index contributed by atoms with van der Waals surface area (Å²) in [5.74, 6) is -2.73. The van der Waals surface area contributed by atoms with E-state index in [0.29, 0.717) is 45.2 Å². The van der Waals surface area contributed by atoms with Crippen molar-refractivity contribution in [1.29, 1.82) is 0 Å². The number of carbonyl (C=O) groups excluding carboxylic acids is 4. The molecule has 2 aromatic rings. The van der Waals surface area contributed by atoms with Crippen LogP contribution in [-0.4, -0.2) is 88.9 Å². The SMILES string of the molecule is CC(C)CC(NC(=O)[C@@H](Cc1ccccc1)NC(=O)[C@H](N)Cc1ccccc1)C(=O)N[C@H](CCCCN)C(=O)N1CCCCC1B(O)O. The molecule has 2 aromatic carbocycles. The summed E-state index contributed by atoms with van der Waals surface area (Å²) in [5.41, 5.74) is 13.6. The quantitative estimate of drug-likeness (QED) is 0.0897. The van der Waals surface area contributed by atoms with Gasteiger partial charge in [-0.2, -0.15) is 0 Å². The third kappa shape index (κ3) is 12.4. The van der Waals surface area contributed by atoms with Crippen LogP contribution in [0.1, 0.15) is 69.9 Å². The number of piperidine rings is 1. The zero-order valence-corrected chi connectivity index (χ0v) is 28.2. The second-order valence-electron chi connectivity index (χ2n) is 13.1. The summed E-state index contributed by atoms with van der Waals surface area (Å²) in [5, 5.41) is 28.4. The minimum atomic E-state index is -1.69. The molecule has 12 nitrogen and oxygen atoms in total. The molecule has 9 N–H and O–H groups in total. The average molecular weight is 665 g/mol. The number of likely N-dealkylation sites (tertiary alicyclic amines) is 1. The highest BCUT2D eigenvalue weighted by molar-refractivity contribution is 6.43. The molecule has 5 atom stereocenters. The van der Waals surface area contributed by atoms with Gasteiger partial charge in [0.25, 0.3) is 0 Å². The third-order valence-corrected chi connectivity index (χ3v) is 8.63. The first-order valence-corrected chi connectivity index (χ1v) is 17.1. The van der Waals surface area contributed by atoms with Crippen LogP contribution in [0.15, 0.2) is 60.7 Å². The molecule has 48 heavy (non-hydrogen) atoms. The Bertz CT molecular complexity index is 1300. The minimum Gasteiger partial charge on any atom is -0.426 e. The van der Waals surface area contributed by atoms with Crippen molar-refractivity contribution in [1.82, 2.24) is 20.9 Å².